The van der Waals surface area contributed by atoms with Crippen LogP contribution in [0.2, 0.25) is 0 Å². The average molecular weight is 225 g/mol. The third-order valence-electron chi connectivity index (χ3n) is 3.23. The maximum absolute atomic E-state index is 13.7. The highest BCUT2D eigenvalue weighted by molar-refractivity contribution is 6.16. The minimum absolute atomic E-state index is 0.162. The minimum Gasteiger partial charge on any atom is -0.464 e. The first-order valence-electron chi connectivity index (χ1n) is 5.37. The van der Waals surface area contributed by atoms with Crippen molar-refractivity contribution < 1.29 is 18.7 Å². The fraction of sp³-hybridized carbons (Fsp3) is 0.800. The van der Waals surface area contributed by atoms with E-state index in [4.69, 9.17) is 12.6 Å². The molecule has 2 saturated heterocycles. The van der Waals surface area contributed by atoms with E-state index in [0.717, 1.165) is 0 Å². The van der Waals surface area contributed by atoms with Crippen LogP contribution in [0.5, 0.6) is 0 Å². The van der Waals surface area contributed by atoms with E-state index in [1.54, 1.807) is 6.92 Å². The van der Waals surface area contributed by atoms with Crippen molar-refractivity contribution in [2.45, 2.75) is 37.3 Å². The molecule has 2 unspecified atom stereocenters. The number of amides is 1. The smallest absolute Gasteiger partial charge is 0.332 e. The Morgan fingerprint density at radius 1 is 1.69 bits per heavy atom. The number of hydrogen-bond acceptors (Lipinski definition) is 3. The molecule has 1 amide bonds. The number of rotatable bonds is 2. The van der Waals surface area contributed by atoms with Gasteiger partial charge in [0.1, 0.15) is 13.4 Å². The number of carbonyl (C=O) groups is 2. The van der Waals surface area contributed by atoms with Crippen molar-refractivity contribution in [1.29, 1.82) is 0 Å². The molecule has 0 aromatic heterocycles. The number of fused-ring (bicyclic) bond motifs is 1. The Labute approximate surface area is 94.5 Å². The normalized spacial score (nSPS) is 37.6. The quantitative estimate of drug-likeness (QED) is 0.496. The Bertz CT molecular complexity index is 347. The van der Waals surface area contributed by atoms with Crippen molar-refractivity contribution in [2.75, 3.05) is 13.2 Å². The maximum Gasteiger partial charge on any atom is 0.332 e. The summed E-state index contributed by atoms with van der Waals surface area (Å²) in [7, 11) is 5.38. The fourth-order valence-electron chi connectivity index (χ4n) is 2.60. The van der Waals surface area contributed by atoms with Crippen molar-refractivity contribution in [3.8, 4) is 0 Å². The highest BCUT2D eigenvalue weighted by atomic mass is 19.1. The summed E-state index contributed by atoms with van der Waals surface area (Å²) in [4.78, 5) is 24.6. The van der Waals surface area contributed by atoms with Gasteiger partial charge in [0.05, 0.1) is 12.2 Å². The minimum atomic E-state index is -1.98. The van der Waals surface area contributed by atoms with Gasteiger partial charge >= 0.3 is 5.97 Å². The van der Waals surface area contributed by atoms with Gasteiger partial charge in [-0.05, 0) is 13.3 Å². The predicted molar refractivity (Wildman–Crippen MR) is 54.5 cm³/mol. The average Bonchev–Trinajstić information content (AvgIpc) is 2.62. The van der Waals surface area contributed by atoms with Crippen LogP contribution in [0.3, 0.4) is 0 Å². The third kappa shape index (κ3) is 1.51. The molecular weight excluding hydrogens is 212 g/mol. The molecule has 6 heteroatoms. The van der Waals surface area contributed by atoms with Crippen LogP contribution in [0.1, 0.15) is 26.2 Å². The Hall–Kier alpha value is -1.07. The van der Waals surface area contributed by atoms with E-state index in [2.05, 4.69) is 0 Å². The van der Waals surface area contributed by atoms with Crippen LogP contribution >= 0.6 is 0 Å². The summed E-state index contributed by atoms with van der Waals surface area (Å²) in [5.41, 5.74) is -3.14. The standard InChI is InChI=1S/C10H13BFNO3/c1-2-16-8(15)9-4-3-7(14)13(9)6-10(11,12)5-9/h2-6H2,1H3. The molecule has 2 heterocycles. The van der Waals surface area contributed by atoms with E-state index < -0.39 is 17.1 Å². The number of halogens is 1. The third-order valence-corrected chi connectivity index (χ3v) is 3.23. The molecule has 0 bridgehead atoms. The molecule has 86 valence electrons. The molecule has 2 radical (unpaired) electrons. The van der Waals surface area contributed by atoms with Gasteiger partial charge in [0.25, 0.3) is 0 Å². The number of esters is 1. The lowest BCUT2D eigenvalue weighted by molar-refractivity contribution is -0.157. The van der Waals surface area contributed by atoms with Crippen molar-refractivity contribution in [2.24, 2.45) is 0 Å². The first kappa shape index (κ1) is 11.4. The van der Waals surface area contributed by atoms with Crippen molar-refractivity contribution in [1.82, 2.24) is 4.90 Å². The number of hydrogen-bond donors (Lipinski definition) is 0. The van der Waals surface area contributed by atoms with Gasteiger partial charge < -0.3 is 9.64 Å². The van der Waals surface area contributed by atoms with Gasteiger partial charge in [-0.15, -0.1) is 0 Å². The second-order valence-electron chi connectivity index (χ2n) is 4.44. The largest absolute Gasteiger partial charge is 0.464 e. The maximum atomic E-state index is 13.7. The van der Waals surface area contributed by atoms with E-state index in [1.165, 1.54) is 4.90 Å². The van der Waals surface area contributed by atoms with E-state index >= 15 is 0 Å². The zero-order valence-electron chi connectivity index (χ0n) is 9.16. The zero-order chi connectivity index (χ0) is 12.0. The Morgan fingerprint density at radius 2 is 2.38 bits per heavy atom. The Balaban J connectivity index is 2.30. The number of alkyl halides is 1. The summed E-state index contributed by atoms with van der Waals surface area (Å²) in [5, 5.41) is 0. The molecule has 4 nitrogen and oxygen atoms in total. The van der Waals surface area contributed by atoms with Gasteiger partial charge in [0.2, 0.25) is 5.91 Å². The van der Waals surface area contributed by atoms with Crippen LogP contribution in [0.15, 0.2) is 0 Å². The molecule has 0 aliphatic carbocycles. The second-order valence-corrected chi connectivity index (χ2v) is 4.44. The van der Waals surface area contributed by atoms with Gasteiger partial charge in [-0.1, -0.05) is 0 Å². The highest BCUT2D eigenvalue weighted by Crippen LogP contribution is 2.45. The molecule has 2 fully saturated rings. The molecule has 2 atom stereocenters. The van der Waals surface area contributed by atoms with Crippen LogP contribution in [0, 0.1) is 0 Å². The zero-order valence-corrected chi connectivity index (χ0v) is 9.16. The number of nitrogens with zero attached hydrogens (tertiary/aromatic N) is 1. The molecule has 0 saturated carbocycles. The van der Waals surface area contributed by atoms with E-state index in [-0.39, 0.29) is 31.9 Å². The first-order valence-corrected chi connectivity index (χ1v) is 5.37. The Kier molecular flexibility index (Phi) is 2.47. The SMILES string of the molecule is [B]C1(F)CN2C(=O)CCC2(C(=O)OCC)C1. The van der Waals surface area contributed by atoms with Gasteiger partial charge in [0, 0.05) is 19.4 Å². The molecule has 0 spiro atoms. The predicted octanol–water partition coefficient (Wildman–Crippen LogP) is 0.149. The molecule has 16 heavy (non-hydrogen) atoms. The lowest BCUT2D eigenvalue weighted by Crippen LogP contribution is -2.48. The summed E-state index contributed by atoms with van der Waals surface area (Å²) in [6.07, 6.45) is 0.396. The molecule has 0 aromatic rings. The summed E-state index contributed by atoms with van der Waals surface area (Å²) in [6.45, 7) is 1.67. The first-order chi connectivity index (χ1) is 7.41. The molecule has 2 aliphatic heterocycles. The highest BCUT2D eigenvalue weighted by Gasteiger charge is 2.61. The lowest BCUT2D eigenvalue weighted by Gasteiger charge is -2.28. The van der Waals surface area contributed by atoms with Crippen LogP contribution in [0.25, 0.3) is 0 Å². The van der Waals surface area contributed by atoms with Gasteiger partial charge in [-0.25, -0.2) is 4.79 Å². The van der Waals surface area contributed by atoms with Gasteiger partial charge in [0.15, 0.2) is 0 Å². The summed E-state index contributed by atoms with van der Waals surface area (Å²) >= 11 is 0. The summed E-state index contributed by atoms with van der Waals surface area (Å²) in [6, 6.07) is 0. The van der Waals surface area contributed by atoms with Crippen molar-refractivity contribution >= 4 is 19.7 Å². The van der Waals surface area contributed by atoms with Crippen LogP contribution in [-0.4, -0.2) is 48.9 Å². The molecule has 2 aliphatic rings. The van der Waals surface area contributed by atoms with Crippen LogP contribution < -0.4 is 0 Å². The van der Waals surface area contributed by atoms with E-state index in [1.807, 2.05) is 0 Å². The van der Waals surface area contributed by atoms with Crippen molar-refractivity contribution in [3.63, 3.8) is 0 Å². The monoisotopic (exact) mass is 225 g/mol. The van der Waals surface area contributed by atoms with Gasteiger partial charge in [-0.3, -0.25) is 9.18 Å². The van der Waals surface area contributed by atoms with E-state index in [0.29, 0.717) is 6.42 Å². The molecule has 0 N–H and O–H groups in total. The lowest BCUT2D eigenvalue weighted by atomic mass is 9.77. The van der Waals surface area contributed by atoms with Gasteiger partial charge in [-0.2, -0.15) is 0 Å². The topological polar surface area (TPSA) is 46.6 Å². The summed E-state index contributed by atoms with van der Waals surface area (Å²) in [5.74, 6) is -0.760. The Morgan fingerprint density at radius 3 is 3.00 bits per heavy atom. The molecule has 2 rings (SSSR count). The molecular formula is C10H13BFNO3. The van der Waals surface area contributed by atoms with E-state index in [9.17, 15) is 14.0 Å². The van der Waals surface area contributed by atoms with Crippen LogP contribution in [-0.2, 0) is 14.3 Å². The fourth-order valence-corrected chi connectivity index (χ4v) is 2.60. The number of carbonyl (C=O) groups excluding carboxylic acids is 2. The van der Waals surface area contributed by atoms with Crippen LogP contribution in [0.4, 0.5) is 4.39 Å². The number of ether oxygens (including phenoxy) is 1. The summed E-state index contributed by atoms with van der Waals surface area (Å²) < 4.78 is 18.6. The molecule has 0 aromatic carbocycles. The second kappa shape index (κ2) is 3.47. The van der Waals surface area contributed by atoms with Crippen molar-refractivity contribution in [3.05, 3.63) is 0 Å².